The molecule has 94 valence electrons. The van der Waals surface area contributed by atoms with Crippen LogP contribution < -0.4 is 0 Å². The maximum Gasteiger partial charge on any atom is 0.0234 e. The summed E-state index contributed by atoms with van der Waals surface area (Å²) in [5.41, 5.74) is 1.43. The van der Waals surface area contributed by atoms with Gasteiger partial charge >= 0.3 is 0 Å². The van der Waals surface area contributed by atoms with E-state index in [4.69, 9.17) is 0 Å². The summed E-state index contributed by atoms with van der Waals surface area (Å²) in [7, 11) is 0. The lowest BCUT2D eigenvalue weighted by molar-refractivity contribution is 0.227. The average Bonchev–Trinajstić information content (AvgIpc) is 2.89. The lowest BCUT2D eigenvalue weighted by atomic mass is 10.2. The summed E-state index contributed by atoms with van der Waals surface area (Å²) in [4.78, 5) is 5.13. The van der Waals surface area contributed by atoms with E-state index >= 15 is 0 Å². The molecule has 1 aromatic rings. The molecule has 2 rings (SSSR count). The van der Waals surface area contributed by atoms with E-state index in [0.29, 0.717) is 0 Å². The largest absolute Gasteiger partial charge is 0.302 e. The van der Waals surface area contributed by atoms with Gasteiger partial charge in [-0.1, -0.05) is 37.3 Å². The molecule has 0 bridgehead atoms. The summed E-state index contributed by atoms with van der Waals surface area (Å²) in [6.45, 7) is 9.54. The third-order valence-electron chi connectivity index (χ3n) is 3.63. The Balaban J connectivity index is 1.76. The standard InChI is InChI=1S/C15H24N2/c1-2-16(12-13-17-10-6-7-11-17)14-15-8-4-3-5-9-15/h3-5,8-9H,2,6-7,10-14H2,1H3. The molecule has 17 heavy (non-hydrogen) atoms. The van der Waals surface area contributed by atoms with E-state index < -0.39 is 0 Å². The van der Waals surface area contributed by atoms with Gasteiger partial charge in [-0.3, -0.25) is 4.90 Å². The molecule has 2 nitrogen and oxygen atoms in total. The molecule has 0 saturated carbocycles. The van der Waals surface area contributed by atoms with Crippen molar-refractivity contribution in [1.29, 1.82) is 0 Å². The summed E-state index contributed by atoms with van der Waals surface area (Å²) in [5, 5.41) is 0. The minimum absolute atomic E-state index is 1.09. The first-order valence-electron chi connectivity index (χ1n) is 6.87. The van der Waals surface area contributed by atoms with Gasteiger partial charge in [0.05, 0.1) is 0 Å². The number of likely N-dealkylation sites (tertiary alicyclic amines) is 1. The van der Waals surface area contributed by atoms with Crippen molar-refractivity contribution in [3.63, 3.8) is 0 Å². The zero-order valence-corrected chi connectivity index (χ0v) is 10.9. The van der Waals surface area contributed by atoms with Gasteiger partial charge in [-0.2, -0.15) is 0 Å². The van der Waals surface area contributed by atoms with E-state index in [1.165, 1.54) is 44.6 Å². The van der Waals surface area contributed by atoms with Crippen molar-refractivity contribution in [1.82, 2.24) is 9.80 Å². The molecule has 1 aromatic carbocycles. The SMILES string of the molecule is CCN(CCN1CCCC1)Cc1ccccc1. The maximum atomic E-state index is 2.59. The zero-order valence-electron chi connectivity index (χ0n) is 10.9. The van der Waals surface area contributed by atoms with Gasteiger partial charge in [0.25, 0.3) is 0 Å². The third kappa shape index (κ3) is 4.14. The second-order valence-corrected chi connectivity index (χ2v) is 4.90. The van der Waals surface area contributed by atoms with Crippen LogP contribution >= 0.6 is 0 Å². The number of nitrogens with zero attached hydrogens (tertiary/aromatic N) is 2. The first-order chi connectivity index (χ1) is 8.38. The Bertz CT molecular complexity index is 304. The molecule has 0 amide bonds. The van der Waals surface area contributed by atoms with Gasteiger partial charge in [0.1, 0.15) is 0 Å². The lowest BCUT2D eigenvalue weighted by Crippen LogP contribution is -2.33. The van der Waals surface area contributed by atoms with Crippen molar-refractivity contribution in [3.05, 3.63) is 35.9 Å². The van der Waals surface area contributed by atoms with Gasteiger partial charge < -0.3 is 4.90 Å². The minimum atomic E-state index is 1.09. The summed E-state index contributed by atoms with van der Waals surface area (Å²) < 4.78 is 0. The Hall–Kier alpha value is -0.860. The van der Waals surface area contributed by atoms with Crippen LogP contribution in [0.4, 0.5) is 0 Å². The highest BCUT2D eigenvalue weighted by Gasteiger charge is 2.12. The van der Waals surface area contributed by atoms with Crippen molar-refractivity contribution >= 4 is 0 Å². The number of likely N-dealkylation sites (N-methyl/N-ethyl adjacent to an activating group) is 1. The second-order valence-electron chi connectivity index (χ2n) is 4.90. The number of benzene rings is 1. The van der Waals surface area contributed by atoms with Gasteiger partial charge in [0.15, 0.2) is 0 Å². The van der Waals surface area contributed by atoms with Crippen LogP contribution in [0.15, 0.2) is 30.3 Å². The van der Waals surface area contributed by atoms with Crippen molar-refractivity contribution in [3.8, 4) is 0 Å². The molecule has 1 fully saturated rings. The molecular weight excluding hydrogens is 208 g/mol. The molecule has 0 radical (unpaired) electrons. The van der Waals surface area contributed by atoms with Gasteiger partial charge in [0.2, 0.25) is 0 Å². The Morgan fingerprint density at radius 3 is 2.47 bits per heavy atom. The zero-order chi connectivity index (χ0) is 11.9. The Morgan fingerprint density at radius 2 is 1.82 bits per heavy atom. The van der Waals surface area contributed by atoms with E-state index in [1.807, 2.05) is 0 Å². The van der Waals surface area contributed by atoms with Crippen molar-refractivity contribution in [2.45, 2.75) is 26.3 Å². The lowest BCUT2D eigenvalue weighted by Gasteiger charge is -2.23. The molecule has 1 heterocycles. The van der Waals surface area contributed by atoms with Gasteiger partial charge in [-0.15, -0.1) is 0 Å². The predicted molar refractivity (Wildman–Crippen MR) is 73.1 cm³/mol. The van der Waals surface area contributed by atoms with Crippen LogP contribution in [0.3, 0.4) is 0 Å². The van der Waals surface area contributed by atoms with E-state index in [0.717, 1.165) is 13.1 Å². The van der Waals surface area contributed by atoms with Crippen LogP contribution in [0.5, 0.6) is 0 Å². The molecule has 0 aromatic heterocycles. The van der Waals surface area contributed by atoms with Crippen molar-refractivity contribution < 1.29 is 0 Å². The monoisotopic (exact) mass is 232 g/mol. The van der Waals surface area contributed by atoms with Gasteiger partial charge in [-0.25, -0.2) is 0 Å². The normalized spacial score (nSPS) is 16.8. The van der Waals surface area contributed by atoms with Gasteiger partial charge in [0, 0.05) is 19.6 Å². The van der Waals surface area contributed by atoms with Crippen LogP contribution in [0, 0.1) is 0 Å². The smallest absolute Gasteiger partial charge is 0.0234 e. The van der Waals surface area contributed by atoms with Crippen LogP contribution in [-0.4, -0.2) is 42.5 Å². The average molecular weight is 232 g/mol. The number of hydrogen-bond donors (Lipinski definition) is 0. The molecule has 0 aliphatic carbocycles. The van der Waals surface area contributed by atoms with E-state index in [9.17, 15) is 0 Å². The van der Waals surface area contributed by atoms with E-state index in [1.54, 1.807) is 0 Å². The molecule has 1 aliphatic rings. The summed E-state index contributed by atoms with van der Waals surface area (Å²) >= 11 is 0. The summed E-state index contributed by atoms with van der Waals surface area (Å²) in [5.74, 6) is 0. The fraction of sp³-hybridized carbons (Fsp3) is 0.600. The minimum Gasteiger partial charge on any atom is -0.302 e. The van der Waals surface area contributed by atoms with Crippen molar-refractivity contribution in [2.75, 3.05) is 32.7 Å². The molecule has 1 saturated heterocycles. The molecule has 1 aliphatic heterocycles. The Kier molecular flexibility index (Phi) is 5.02. The highest BCUT2D eigenvalue weighted by atomic mass is 15.2. The number of hydrogen-bond acceptors (Lipinski definition) is 2. The molecule has 0 unspecified atom stereocenters. The number of rotatable bonds is 6. The maximum absolute atomic E-state index is 2.59. The molecule has 0 atom stereocenters. The van der Waals surface area contributed by atoms with E-state index in [-0.39, 0.29) is 0 Å². The van der Waals surface area contributed by atoms with Crippen LogP contribution in [0.2, 0.25) is 0 Å². The van der Waals surface area contributed by atoms with Crippen LogP contribution in [0.1, 0.15) is 25.3 Å². The van der Waals surface area contributed by atoms with Gasteiger partial charge in [-0.05, 0) is 38.0 Å². The third-order valence-corrected chi connectivity index (χ3v) is 3.63. The Morgan fingerprint density at radius 1 is 1.12 bits per heavy atom. The molecule has 2 heteroatoms. The Labute approximate surface area is 105 Å². The molecular formula is C15H24N2. The second kappa shape index (κ2) is 6.77. The van der Waals surface area contributed by atoms with Crippen LogP contribution in [-0.2, 0) is 6.54 Å². The first-order valence-corrected chi connectivity index (χ1v) is 6.87. The quantitative estimate of drug-likeness (QED) is 0.744. The molecule has 0 spiro atoms. The highest BCUT2D eigenvalue weighted by molar-refractivity contribution is 5.14. The predicted octanol–water partition coefficient (Wildman–Crippen LogP) is 2.60. The van der Waals surface area contributed by atoms with E-state index in [2.05, 4.69) is 47.1 Å². The summed E-state index contributed by atoms with van der Waals surface area (Å²) in [6, 6.07) is 10.8. The van der Waals surface area contributed by atoms with Crippen molar-refractivity contribution in [2.24, 2.45) is 0 Å². The fourth-order valence-electron chi connectivity index (χ4n) is 2.48. The summed E-state index contributed by atoms with van der Waals surface area (Å²) in [6.07, 6.45) is 2.79. The van der Waals surface area contributed by atoms with Crippen LogP contribution in [0.25, 0.3) is 0 Å². The highest BCUT2D eigenvalue weighted by Crippen LogP contribution is 2.08. The topological polar surface area (TPSA) is 6.48 Å². The first kappa shape index (κ1) is 12.6. The molecule has 0 N–H and O–H groups in total. The fourth-order valence-corrected chi connectivity index (χ4v) is 2.48.